The molecule has 0 aliphatic carbocycles. The summed E-state index contributed by atoms with van der Waals surface area (Å²) in [7, 11) is -0.457. The van der Waals surface area contributed by atoms with E-state index >= 15 is 0 Å². The van der Waals surface area contributed by atoms with Gasteiger partial charge in [0, 0.05) is 12.7 Å². The highest BCUT2D eigenvalue weighted by Gasteiger charge is 2.52. The van der Waals surface area contributed by atoms with Gasteiger partial charge in [-0.05, 0) is 73.2 Å². The van der Waals surface area contributed by atoms with E-state index in [2.05, 4.69) is 87.4 Å². The molecule has 0 bridgehead atoms. The molecule has 1 aromatic rings. The summed E-state index contributed by atoms with van der Waals surface area (Å²) in [5, 5.41) is 0.103. The van der Waals surface area contributed by atoms with Gasteiger partial charge < -0.3 is 9.31 Å². The Balaban J connectivity index is 2.67. The molecule has 0 saturated carbocycles. The number of benzene rings is 1. The minimum Gasteiger partial charge on any atom is -0.400 e. The maximum absolute atomic E-state index is 11.8. The standard InChI is InChI=1S/C26H41BO3S/c1-16(2)20-12-22(17(3)4)24(23(13-20)18(5)6)14-21(15-31-19(7)28)27-29-25(8,9)26(10,11)30-27/h12-14,16-18H,15H2,1-11H3. The second-order valence-electron chi connectivity index (χ2n) is 10.7. The number of hydrogen-bond donors (Lipinski definition) is 0. The van der Waals surface area contributed by atoms with Crippen molar-refractivity contribution < 1.29 is 14.1 Å². The van der Waals surface area contributed by atoms with Gasteiger partial charge in [0.1, 0.15) is 0 Å². The summed E-state index contributed by atoms with van der Waals surface area (Å²) in [6.07, 6.45) is 2.24. The maximum Gasteiger partial charge on any atom is 0.491 e. The predicted molar refractivity (Wildman–Crippen MR) is 136 cm³/mol. The van der Waals surface area contributed by atoms with Gasteiger partial charge in [-0.2, -0.15) is 0 Å². The second-order valence-corrected chi connectivity index (χ2v) is 11.8. The Morgan fingerprint density at radius 1 is 0.935 bits per heavy atom. The number of carbonyl (C=O) groups excluding carboxylic acids is 1. The van der Waals surface area contributed by atoms with Gasteiger partial charge in [-0.25, -0.2) is 0 Å². The number of thioether (sulfide) groups is 1. The third-order valence-corrected chi connectivity index (χ3v) is 7.39. The SMILES string of the molecule is CC(=O)SCC(=Cc1c(C(C)C)cc(C(C)C)cc1C(C)C)B1OC(C)(C)C(C)(C)O1. The van der Waals surface area contributed by atoms with Gasteiger partial charge in [0.15, 0.2) is 5.12 Å². The van der Waals surface area contributed by atoms with Crippen LogP contribution in [0.4, 0.5) is 0 Å². The summed E-state index contributed by atoms with van der Waals surface area (Å²) in [5.74, 6) is 1.82. The molecule has 1 aromatic carbocycles. The first-order valence-corrected chi connectivity index (χ1v) is 12.5. The van der Waals surface area contributed by atoms with E-state index in [1.54, 1.807) is 6.92 Å². The Kier molecular flexibility index (Phi) is 8.33. The molecular weight excluding hydrogens is 403 g/mol. The highest BCUT2D eigenvalue weighted by Crippen LogP contribution is 2.40. The molecule has 0 aromatic heterocycles. The van der Waals surface area contributed by atoms with Crippen LogP contribution in [-0.4, -0.2) is 29.2 Å². The van der Waals surface area contributed by atoms with Crippen LogP contribution in [0.1, 0.15) is 116 Å². The van der Waals surface area contributed by atoms with E-state index < -0.39 is 18.3 Å². The van der Waals surface area contributed by atoms with Gasteiger partial charge in [0.2, 0.25) is 0 Å². The van der Waals surface area contributed by atoms with Crippen molar-refractivity contribution in [1.82, 2.24) is 0 Å². The topological polar surface area (TPSA) is 35.5 Å². The highest BCUT2D eigenvalue weighted by molar-refractivity contribution is 8.13. The van der Waals surface area contributed by atoms with Gasteiger partial charge >= 0.3 is 7.12 Å². The van der Waals surface area contributed by atoms with E-state index in [4.69, 9.17) is 9.31 Å². The molecule has 1 heterocycles. The Bertz CT molecular complexity index is 792. The van der Waals surface area contributed by atoms with Gasteiger partial charge in [-0.3, -0.25) is 4.79 Å². The number of rotatable bonds is 7. The van der Waals surface area contributed by atoms with Crippen molar-refractivity contribution in [2.24, 2.45) is 0 Å². The molecule has 3 nitrogen and oxygen atoms in total. The molecule has 1 aliphatic heterocycles. The van der Waals surface area contributed by atoms with Gasteiger partial charge in [-0.15, -0.1) is 0 Å². The molecule has 5 heteroatoms. The van der Waals surface area contributed by atoms with Crippen LogP contribution in [-0.2, 0) is 14.1 Å². The van der Waals surface area contributed by atoms with Crippen LogP contribution in [0.15, 0.2) is 17.6 Å². The molecule has 1 aliphatic rings. The third kappa shape index (κ3) is 6.06. The molecule has 0 atom stereocenters. The first-order chi connectivity index (χ1) is 14.2. The average molecular weight is 444 g/mol. The van der Waals surface area contributed by atoms with E-state index in [9.17, 15) is 4.79 Å². The summed E-state index contributed by atoms with van der Waals surface area (Å²) in [4.78, 5) is 11.8. The van der Waals surface area contributed by atoms with Crippen molar-refractivity contribution in [2.45, 2.75) is 105 Å². The van der Waals surface area contributed by atoms with E-state index in [0.717, 1.165) is 5.47 Å². The monoisotopic (exact) mass is 444 g/mol. The van der Waals surface area contributed by atoms with Crippen molar-refractivity contribution >= 4 is 30.1 Å². The molecule has 0 spiro atoms. The lowest BCUT2D eigenvalue weighted by Crippen LogP contribution is -2.41. The zero-order chi connectivity index (χ0) is 23.7. The zero-order valence-electron chi connectivity index (χ0n) is 21.4. The van der Waals surface area contributed by atoms with Gasteiger partial charge in [-0.1, -0.05) is 71.5 Å². The van der Waals surface area contributed by atoms with E-state index in [0.29, 0.717) is 23.5 Å². The Hall–Kier alpha value is -1.04. The second kappa shape index (κ2) is 9.85. The lowest BCUT2D eigenvalue weighted by Gasteiger charge is -2.32. The van der Waals surface area contributed by atoms with Crippen LogP contribution in [0.3, 0.4) is 0 Å². The molecule has 1 saturated heterocycles. The fourth-order valence-corrected chi connectivity index (χ4v) is 4.31. The normalized spacial score (nSPS) is 18.5. The highest BCUT2D eigenvalue weighted by atomic mass is 32.2. The van der Waals surface area contributed by atoms with Crippen LogP contribution in [0.2, 0.25) is 0 Å². The minimum absolute atomic E-state index is 0.103. The van der Waals surface area contributed by atoms with Crippen molar-refractivity contribution in [2.75, 3.05) is 5.75 Å². The van der Waals surface area contributed by atoms with Crippen LogP contribution in [0, 0.1) is 0 Å². The van der Waals surface area contributed by atoms with Crippen molar-refractivity contribution in [3.8, 4) is 0 Å². The van der Waals surface area contributed by atoms with Crippen LogP contribution >= 0.6 is 11.8 Å². The lowest BCUT2D eigenvalue weighted by molar-refractivity contribution is -0.109. The summed E-state index contributed by atoms with van der Waals surface area (Å²) in [5.41, 5.74) is 5.50. The van der Waals surface area contributed by atoms with Crippen molar-refractivity contribution in [1.29, 1.82) is 0 Å². The molecule has 2 rings (SSSR count). The van der Waals surface area contributed by atoms with Crippen molar-refractivity contribution in [3.63, 3.8) is 0 Å². The van der Waals surface area contributed by atoms with Gasteiger partial charge in [0.25, 0.3) is 0 Å². The zero-order valence-corrected chi connectivity index (χ0v) is 22.2. The largest absolute Gasteiger partial charge is 0.491 e. The Labute approximate surface area is 194 Å². The molecule has 31 heavy (non-hydrogen) atoms. The average Bonchev–Trinajstić information content (AvgIpc) is 2.84. The number of hydrogen-bond acceptors (Lipinski definition) is 4. The minimum atomic E-state index is -0.457. The molecule has 0 unspecified atom stereocenters. The van der Waals surface area contributed by atoms with E-state index in [-0.39, 0.29) is 5.12 Å². The third-order valence-electron chi connectivity index (χ3n) is 6.50. The van der Waals surface area contributed by atoms with Crippen LogP contribution in [0.5, 0.6) is 0 Å². The van der Waals surface area contributed by atoms with Gasteiger partial charge in [0.05, 0.1) is 11.2 Å². The molecule has 0 N–H and O–H groups in total. The predicted octanol–water partition coefficient (Wildman–Crippen LogP) is 7.35. The smallest absolute Gasteiger partial charge is 0.400 e. The summed E-state index contributed by atoms with van der Waals surface area (Å²) < 4.78 is 12.8. The first kappa shape index (κ1) is 26.2. The fourth-order valence-electron chi connectivity index (χ4n) is 3.72. The quantitative estimate of drug-likeness (QED) is 0.412. The van der Waals surface area contributed by atoms with E-state index in [1.807, 2.05) is 0 Å². The molecule has 1 fully saturated rings. The summed E-state index contributed by atoms with van der Waals surface area (Å²) >= 11 is 1.32. The first-order valence-electron chi connectivity index (χ1n) is 11.5. The molecule has 0 radical (unpaired) electrons. The lowest BCUT2D eigenvalue weighted by atomic mass is 9.76. The van der Waals surface area contributed by atoms with Crippen molar-refractivity contribution in [3.05, 3.63) is 39.9 Å². The molecule has 0 amide bonds. The Morgan fingerprint density at radius 3 is 1.74 bits per heavy atom. The maximum atomic E-state index is 11.8. The van der Waals surface area contributed by atoms with Crippen LogP contribution < -0.4 is 0 Å². The Morgan fingerprint density at radius 2 is 1.39 bits per heavy atom. The summed E-state index contributed by atoms with van der Waals surface area (Å²) in [6, 6.07) is 4.71. The fraction of sp³-hybridized carbons (Fsp3) is 0.654. The van der Waals surface area contributed by atoms with Crippen LogP contribution in [0.25, 0.3) is 6.08 Å². The van der Waals surface area contributed by atoms with E-state index in [1.165, 1.54) is 34.0 Å². The molecule has 172 valence electrons. The summed E-state index contributed by atoms with van der Waals surface area (Å²) in [6.45, 7) is 23.4. The molecular formula is C26H41BO3S. The number of carbonyl (C=O) groups is 1.